The first-order chi connectivity index (χ1) is 9.22. The fraction of sp³-hybridized carbons (Fsp3) is 0.500. The van der Waals surface area contributed by atoms with Crippen LogP contribution in [-0.2, 0) is 0 Å². The fourth-order valence-electron chi connectivity index (χ4n) is 2.32. The van der Waals surface area contributed by atoms with Gasteiger partial charge in [0, 0.05) is 36.9 Å². The molecule has 0 radical (unpaired) electrons. The van der Waals surface area contributed by atoms with Gasteiger partial charge in [0.1, 0.15) is 0 Å². The SMILES string of the molecule is I.NC(=NC1CC1)N1CCN(c2ccc(Cl)cc2)CC1. The number of nitrogens with two attached hydrogens (primary N) is 1. The van der Waals surface area contributed by atoms with Crippen molar-refractivity contribution in [1.29, 1.82) is 0 Å². The van der Waals surface area contributed by atoms with Crippen LogP contribution in [0.5, 0.6) is 0 Å². The Morgan fingerprint density at radius 3 is 2.25 bits per heavy atom. The summed E-state index contributed by atoms with van der Waals surface area (Å²) in [6, 6.07) is 8.51. The quantitative estimate of drug-likeness (QED) is 0.466. The summed E-state index contributed by atoms with van der Waals surface area (Å²) in [6.45, 7) is 3.82. The third-order valence-corrected chi connectivity index (χ3v) is 3.91. The van der Waals surface area contributed by atoms with Crippen LogP contribution < -0.4 is 10.6 Å². The van der Waals surface area contributed by atoms with E-state index in [4.69, 9.17) is 17.3 Å². The molecule has 2 aliphatic rings. The summed E-state index contributed by atoms with van der Waals surface area (Å²) in [6.07, 6.45) is 2.40. The molecule has 1 aromatic rings. The number of halogens is 2. The van der Waals surface area contributed by atoms with E-state index < -0.39 is 0 Å². The zero-order valence-corrected chi connectivity index (χ0v) is 14.4. The predicted molar refractivity (Wildman–Crippen MR) is 95.3 cm³/mol. The van der Waals surface area contributed by atoms with Crippen molar-refractivity contribution in [3.63, 3.8) is 0 Å². The molecule has 0 unspecified atom stereocenters. The number of anilines is 1. The lowest BCUT2D eigenvalue weighted by Gasteiger charge is -2.36. The monoisotopic (exact) mass is 406 g/mol. The molecule has 1 heterocycles. The Balaban J connectivity index is 0.00000147. The lowest BCUT2D eigenvalue weighted by atomic mass is 10.2. The highest BCUT2D eigenvalue weighted by atomic mass is 127. The molecule has 0 amide bonds. The third-order valence-electron chi connectivity index (χ3n) is 3.66. The van der Waals surface area contributed by atoms with E-state index in [1.54, 1.807) is 0 Å². The van der Waals surface area contributed by atoms with Gasteiger partial charge in [0.2, 0.25) is 0 Å². The van der Waals surface area contributed by atoms with E-state index >= 15 is 0 Å². The van der Waals surface area contributed by atoms with E-state index in [-0.39, 0.29) is 24.0 Å². The average molecular weight is 407 g/mol. The molecule has 0 spiro atoms. The maximum atomic E-state index is 6.03. The predicted octanol–water partition coefficient (Wildman–Crippen LogP) is 2.56. The van der Waals surface area contributed by atoms with E-state index in [1.165, 1.54) is 18.5 Å². The minimum atomic E-state index is 0. The highest BCUT2D eigenvalue weighted by molar-refractivity contribution is 14.0. The maximum absolute atomic E-state index is 6.03. The van der Waals surface area contributed by atoms with Gasteiger partial charge in [0.25, 0.3) is 0 Å². The molecule has 20 heavy (non-hydrogen) atoms. The minimum absolute atomic E-state index is 0. The molecule has 0 atom stereocenters. The smallest absolute Gasteiger partial charge is 0.191 e. The number of aliphatic imine (C=N–C) groups is 1. The Morgan fingerprint density at radius 1 is 1.10 bits per heavy atom. The van der Waals surface area contributed by atoms with Crippen molar-refractivity contribution >= 4 is 47.2 Å². The van der Waals surface area contributed by atoms with E-state index in [0.29, 0.717) is 6.04 Å². The summed E-state index contributed by atoms with van der Waals surface area (Å²) in [5, 5.41) is 0.781. The number of piperazine rings is 1. The largest absolute Gasteiger partial charge is 0.370 e. The molecule has 1 saturated heterocycles. The van der Waals surface area contributed by atoms with Crippen LogP contribution in [0.3, 0.4) is 0 Å². The molecule has 2 N–H and O–H groups in total. The molecular formula is C14H20ClIN4. The topological polar surface area (TPSA) is 44.9 Å². The van der Waals surface area contributed by atoms with Crippen LogP contribution in [0.25, 0.3) is 0 Å². The molecule has 110 valence electrons. The van der Waals surface area contributed by atoms with Gasteiger partial charge in [-0.2, -0.15) is 0 Å². The fourth-order valence-corrected chi connectivity index (χ4v) is 2.44. The second-order valence-electron chi connectivity index (χ2n) is 5.17. The Morgan fingerprint density at radius 2 is 1.70 bits per heavy atom. The van der Waals surface area contributed by atoms with Crippen molar-refractivity contribution in [2.75, 3.05) is 31.1 Å². The highest BCUT2D eigenvalue weighted by Crippen LogP contribution is 2.24. The van der Waals surface area contributed by atoms with Crippen molar-refractivity contribution in [2.24, 2.45) is 10.7 Å². The second kappa shape index (κ2) is 6.85. The van der Waals surface area contributed by atoms with Crippen molar-refractivity contribution in [3.05, 3.63) is 29.3 Å². The summed E-state index contributed by atoms with van der Waals surface area (Å²) in [7, 11) is 0. The minimum Gasteiger partial charge on any atom is -0.370 e. The molecule has 0 bridgehead atoms. The first kappa shape index (κ1) is 15.7. The van der Waals surface area contributed by atoms with Crippen molar-refractivity contribution < 1.29 is 0 Å². The molecule has 3 rings (SSSR count). The van der Waals surface area contributed by atoms with E-state index in [2.05, 4.69) is 26.9 Å². The van der Waals surface area contributed by atoms with Gasteiger partial charge in [0.15, 0.2) is 5.96 Å². The summed E-state index contributed by atoms with van der Waals surface area (Å²) in [5.41, 5.74) is 7.26. The van der Waals surface area contributed by atoms with Gasteiger partial charge >= 0.3 is 0 Å². The molecular weight excluding hydrogens is 387 g/mol. The van der Waals surface area contributed by atoms with Gasteiger partial charge in [0.05, 0.1) is 6.04 Å². The zero-order chi connectivity index (χ0) is 13.2. The van der Waals surface area contributed by atoms with Gasteiger partial charge in [-0.15, -0.1) is 24.0 Å². The number of rotatable bonds is 2. The second-order valence-corrected chi connectivity index (χ2v) is 5.61. The Kier molecular flexibility index (Phi) is 5.37. The van der Waals surface area contributed by atoms with E-state index in [0.717, 1.165) is 37.2 Å². The standard InChI is InChI=1S/C14H19ClN4.HI/c15-11-1-5-13(6-2-11)18-7-9-19(10-8-18)14(16)17-12-3-4-12;/h1-2,5-6,12H,3-4,7-10H2,(H2,16,17);1H. The molecule has 1 aliphatic heterocycles. The van der Waals surface area contributed by atoms with Gasteiger partial charge in [-0.05, 0) is 37.1 Å². The first-order valence-corrected chi connectivity index (χ1v) is 7.19. The number of nitrogens with zero attached hydrogens (tertiary/aromatic N) is 3. The first-order valence-electron chi connectivity index (χ1n) is 6.81. The van der Waals surface area contributed by atoms with Gasteiger partial charge < -0.3 is 15.5 Å². The van der Waals surface area contributed by atoms with Gasteiger partial charge in [-0.25, -0.2) is 4.99 Å². The van der Waals surface area contributed by atoms with Crippen LogP contribution in [0, 0.1) is 0 Å². The van der Waals surface area contributed by atoms with E-state index in [9.17, 15) is 0 Å². The van der Waals surface area contributed by atoms with Gasteiger partial charge in [-0.3, -0.25) is 0 Å². The van der Waals surface area contributed by atoms with Crippen LogP contribution in [-0.4, -0.2) is 43.1 Å². The van der Waals surface area contributed by atoms with Crippen LogP contribution in [0.4, 0.5) is 5.69 Å². The Labute approximate surface area is 142 Å². The average Bonchev–Trinajstić information content (AvgIpc) is 3.24. The maximum Gasteiger partial charge on any atom is 0.191 e. The lowest BCUT2D eigenvalue weighted by Crippen LogP contribution is -2.51. The highest BCUT2D eigenvalue weighted by Gasteiger charge is 2.23. The van der Waals surface area contributed by atoms with Gasteiger partial charge in [-0.1, -0.05) is 11.6 Å². The summed E-state index contributed by atoms with van der Waals surface area (Å²) in [5.74, 6) is 0.721. The third kappa shape index (κ3) is 3.91. The normalized spacial score (nSPS) is 19.8. The van der Waals surface area contributed by atoms with Crippen molar-refractivity contribution in [3.8, 4) is 0 Å². The Hall–Kier alpha value is -0.690. The van der Waals surface area contributed by atoms with Crippen LogP contribution >= 0.6 is 35.6 Å². The number of hydrogen-bond acceptors (Lipinski definition) is 2. The molecule has 1 aliphatic carbocycles. The Bertz CT molecular complexity index is 465. The van der Waals surface area contributed by atoms with Crippen LogP contribution in [0.2, 0.25) is 5.02 Å². The van der Waals surface area contributed by atoms with Crippen molar-refractivity contribution in [1.82, 2.24) is 4.90 Å². The zero-order valence-electron chi connectivity index (χ0n) is 11.3. The number of hydrogen-bond donors (Lipinski definition) is 1. The van der Waals surface area contributed by atoms with Crippen LogP contribution in [0.15, 0.2) is 29.3 Å². The van der Waals surface area contributed by atoms with Crippen molar-refractivity contribution in [2.45, 2.75) is 18.9 Å². The molecule has 0 aromatic heterocycles. The number of guanidine groups is 1. The molecule has 1 saturated carbocycles. The summed E-state index contributed by atoms with van der Waals surface area (Å²) in [4.78, 5) is 9.05. The molecule has 4 nitrogen and oxygen atoms in total. The molecule has 1 aromatic carbocycles. The summed E-state index contributed by atoms with van der Waals surface area (Å²) >= 11 is 5.91. The number of benzene rings is 1. The lowest BCUT2D eigenvalue weighted by molar-refractivity contribution is 0.380. The van der Waals surface area contributed by atoms with Crippen LogP contribution in [0.1, 0.15) is 12.8 Å². The molecule has 6 heteroatoms. The summed E-state index contributed by atoms with van der Waals surface area (Å²) < 4.78 is 0. The van der Waals surface area contributed by atoms with E-state index in [1.807, 2.05) is 12.1 Å². The molecule has 2 fully saturated rings.